The number of carboxylic acid groups (broad SMARTS) is 1. The first-order valence-electron chi connectivity index (χ1n) is 17.6. The van der Waals surface area contributed by atoms with Crippen LogP contribution in [0.1, 0.15) is 65.2 Å². The minimum Gasteiger partial charge on any atom is -0.804 e. The number of rotatable bonds is 13. The number of nitrogens with zero attached hydrogens (tertiary/aromatic N) is 1. The minimum absolute atomic E-state index is 0.0476. The Hall–Kier alpha value is -2.51. The summed E-state index contributed by atoms with van der Waals surface area (Å²) in [5, 5.41) is 83.0. The first kappa shape index (κ1) is 38.7. The van der Waals surface area contributed by atoms with Crippen LogP contribution in [0.4, 0.5) is 0 Å². The molecule has 3 heterocycles. The number of amides is 1. The van der Waals surface area contributed by atoms with Gasteiger partial charge >= 0.3 is 0 Å². The van der Waals surface area contributed by atoms with Crippen LogP contribution in [-0.2, 0) is 23.9 Å². The van der Waals surface area contributed by atoms with Crippen LogP contribution in [-0.4, -0.2) is 128 Å². The number of hydrogen-bond acceptors (Lipinski definition) is 13. The Labute approximate surface area is 290 Å². The van der Waals surface area contributed by atoms with Crippen LogP contribution < -0.4 is 21.3 Å². The molecule has 5 rings (SSSR count). The second-order valence-electron chi connectivity index (χ2n) is 15.1. The molecule has 0 aromatic rings. The van der Waals surface area contributed by atoms with Crippen molar-refractivity contribution in [2.45, 2.75) is 132 Å². The number of aliphatic hydroxyl groups is 7. The van der Waals surface area contributed by atoms with Crippen molar-refractivity contribution in [3.63, 3.8) is 0 Å². The van der Waals surface area contributed by atoms with Crippen molar-refractivity contribution in [2.75, 3.05) is 6.54 Å². The molecule has 0 aromatic carbocycles. The molecule has 5 aliphatic rings. The SMILES string of the molecule is CC(C)C(C[NH2+]C([O-])C1(O)C(OC2CCC3C(C2)[OH+]C(C(N)=O)C(C2CCC(O)CC2)C3O)OC(C(=O)[O-])C(O)C1(O)C=O)CC1=C[CH+]N=C1. The molecule has 1 amide bonds. The number of hydrogen-bond donors (Lipinski definition) is 7. The van der Waals surface area contributed by atoms with Gasteiger partial charge in [0.15, 0.2) is 36.1 Å². The van der Waals surface area contributed by atoms with Gasteiger partial charge < -0.3 is 65.8 Å². The van der Waals surface area contributed by atoms with Crippen LogP contribution in [0.25, 0.3) is 0 Å². The number of aldehydes is 1. The summed E-state index contributed by atoms with van der Waals surface area (Å²) in [6, 6.07) is 0. The van der Waals surface area contributed by atoms with Crippen molar-refractivity contribution in [2.24, 2.45) is 40.3 Å². The van der Waals surface area contributed by atoms with Crippen molar-refractivity contribution >= 4 is 24.4 Å². The quantitative estimate of drug-likeness (QED) is 0.0410. The molecule has 0 aromatic heterocycles. The van der Waals surface area contributed by atoms with Crippen LogP contribution in [0.15, 0.2) is 16.6 Å². The van der Waals surface area contributed by atoms with Crippen molar-refractivity contribution in [1.29, 1.82) is 0 Å². The summed E-state index contributed by atoms with van der Waals surface area (Å²) in [5.41, 5.74) is 0.157. The first-order valence-corrected chi connectivity index (χ1v) is 17.6. The normalized spacial score (nSPS) is 43.0. The van der Waals surface area contributed by atoms with Crippen molar-refractivity contribution < 1.29 is 69.7 Å². The number of fused-ring (bicyclic) bond motifs is 1. The van der Waals surface area contributed by atoms with Crippen LogP contribution in [0.3, 0.4) is 0 Å². The summed E-state index contributed by atoms with van der Waals surface area (Å²) >= 11 is 0. The van der Waals surface area contributed by atoms with Gasteiger partial charge in [-0.3, -0.25) is 9.59 Å². The first-order chi connectivity index (χ1) is 23.6. The molecule has 50 heavy (non-hydrogen) atoms. The molecule has 3 aliphatic heterocycles. The van der Waals surface area contributed by atoms with E-state index in [1.165, 1.54) is 0 Å². The monoisotopic (exact) mass is 710 g/mol. The number of carbonyl (C=O) groups is 3. The van der Waals surface area contributed by atoms with Gasteiger partial charge in [0, 0.05) is 18.8 Å². The highest BCUT2D eigenvalue weighted by Gasteiger charge is 2.69. The van der Waals surface area contributed by atoms with E-state index in [0.717, 1.165) is 10.9 Å². The highest BCUT2D eigenvalue weighted by Crippen LogP contribution is 2.46. The molecule has 0 bridgehead atoms. The standard InChI is InChI=1S/C34H51N3O13/c1-16(2)19(11-17-9-10-36-13-17)14-37-31(45)34(47)32(50-27(30(43)44)28(41)33(34,46)15-38)48-21-7-8-22-23(12-21)49-26(29(35)42)24(25(22)40)18-3-5-20(39)6-4-18/h9-10,13,15-16,18-28,31-32,37,39-41,46-47H,3-8,11-12,14H2,1-2H3,(H2,35,42)(H,43,44)/p+1. The molecule has 2 saturated carbocycles. The zero-order valence-electron chi connectivity index (χ0n) is 28.4. The molecule has 13 atom stereocenters. The molecule has 4 fully saturated rings. The second-order valence-corrected chi connectivity index (χ2v) is 15.1. The van der Waals surface area contributed by atoms with E-state index < -0.39 is 84.2 Å². The minimum atomic E-state index is -3.34. The van der Waals surface area contributed by atoms with Crippen LogP contribution in [0.5, 0.6) is 0 Å². The zero-order chi connectivity index (χ0) is 36.5. The maximum Gasteiger partial charge on any atom is 0.297 e. The summed E-state index contributed by atoms with van der Waals surface area (Å²) in [6.45, 7) is 5.65. The van der Waals surface area contributed by atoms with E-state index in [1.807, 2.05) is 19.9 Å². The molecule has 10 N–H and O–H groups in total. The Bertz CT molecular complexity index is 1290. The van der Waals surface area contributed by atoms with Crippen molar-refractivity contribution in [3.05, 3.63) is 18.2 Å². The fourth-order valence-electron chi connectivity index (χ4n) is 8.69. The van der Waals surface area contributed by atoms with Gasteiger partial charge in [-0.2, -0.15) is 0 Å². The summed E-state index contributed by atoms with van der Waals surface area (Å²) < 4.78 is 16.3. The van der Waals surface area contributed by atoms with Crippen LogP contribution >= 0.6 is 0 Å². The van der Waals surface area contributed by atoms with E-state index in [2.05, 4.69) is 4.99 Å². The van der Waals surface area contributed by atoms with Crippen LogP contribution in [0, 0.1) is 36.1 Å². The molecule has 13 unspecified atom stereocenters. The fourth-order valence-corrected chi connectivity index (χ4v) is 8.69. The highest BCUT2D eigenvalue weighted by atomic mass is 16.7. The van der Waals surface area contributed by atoms with Crippen molar-refractivity contribution in [1.82, 2.24) is 0 Å². The van der Waals surface area contributed by atoms with Gasteiger partial charge in [-0.1, -0.05) is 13.8 Å². The summed E-state index contributed by atoms with van der Waals surface area (Å²) in [6.07, 6.45) is -6.69. The lowest BCUT2D eigenvalue weighted by atomic mass is 9.66. The van der Waals surface area contributed by atoms with E-state index in [4.69, 9.17) is 19.9 Å². The Morgan fingerprint density at radius 1 is 1.20 bits per heavy atom. The number of aliphatic carboxylic acids is 1. The summed E-state index contributed by atoms with van der Waals surface area (Å²) in [7, 11) is 0. The number of ether oxygens (including phenoxy) is 3. The lowest BCUT2D eigenvalue weighted by molar-refractivity contribution is -0.838. The van der Waals surface area contributed by atoms with Gasteiger partial charge in [-0.15, -0.1) is 4.99 Å². The number of carbonyl (C=O) groups excluding carboxylic acids is 3. The number of quaternary nitrogens is 1. The van der Waals surface area contributed by atoms with Gasteiger partial charge in [-0.05, 0) is 50.4 Å². The second kappa shape index (κ2) is 15.6. The predicted molar refractivity (Wildman–Crippen MR) is 169 cm³/mol. The predicted octanol–water partition coefficient (Wildman–Crippen LogP) is -4.95. The summed E-state index contributed by atoms with van der Waals surface area (Å²) in [5.74, 6) is -3.75. The van der Waals surface area contributed by atoms with Gasteiger partial charge in [0.2, 0.25) is 6.10 Å². The maximum atomic E-state index is 14.0. The number of primary amides is 1. The topological polar surface area (TPSA) is 285 Å². The van der Waals surface area contributed by atoms with Gasteiger partial charge in [-0.25, -0.2) is 0 Å². The maximum absolute atomic E-state index is 14.0. The molecule has 0 spiro atoms. The number of carboxylic acids is 1. The lowest BCUT2D eigenvalue weighted by Gasteiger charge is -2.57. The Morgan fingerprint density at radius 3 is 2.48 bits per heavy atom. The van der Waals surface area contributed by atoms with E-state index in [9.17, 15) is 50.1 Å². The molecule has 0 radical (unpaired) electrons. The van der Waals surface area contributed by atoms with Gasteiger partial charge in [0.1, 0.15) is 24.3 Å². The number of allylic oxidation sites excluding steroid dienone is 1. The third-order valence-electron chi connectivity index (χ3n) is 11.8. The molecule has 2 aliphatic carbocycles. The highest BCUT2D eigenvalue weighted by molar-refractivity contribution is 5.82. The van der Waals surface area contributed by atoms with E-state index in [0.29, 0.717) is 38.5 Å². The average molecular weight is 711 g/mol. The van der Waals surface area contributed by atoms with Gasteiger partial charge in [0.25, 0.3) is 5.91 Å². The zero-order valence-corrected chi connectivity index (χ0v) is 28.4. The Morgan fingerprint density at radius 2 is 1.90 bits per heavy atom. The van der Waals surface area contributed by atoms with Gasteiger partial charge in [0.05, 0.1) is 55.0 Å². The fraction of sp³-hybridized carbons (Fsp3) is 0.794. The number of aliphatic hydroxyl groups excluding tert-OH is 3. The van der Waals surface area contributed by atoms with Crippen LogP contribution in [0.2, 0.25) is 0 Å². The molecular weight excluding hydrogens is 658 g/mol. The smallest absolute Gasteiger partial charge is 0.297 e. The molecule has 16 heteroatoms. The van der Waals surface area contributed by atoms with E-state index >= 15 is 0 Å². The Kier molecular flexibility index (Phi) is 12.1. The average Bonchev–Trinajstić information content (AvgIpc) is 3.60. The third-order valence-corrected chi connectivity index (χ3v) is 11.8. The molecule has 280 valence electrons. The summed E-state index contributed by atoms with van der Waals surface area (Å²) in [4.78, 5) is 41.1. The van der Waals surface area contributed by atoms with E-state index in [-0.39, 0.29) is 49.3 Å². The Balaban J connectivity index is 1.36. The number of aliphatic imine (C=N–C) groups is 1. The van der Waals surface area contributed by atoms with E-state index in [1.54, 1.807) is 12.8 Å². The molecular formula is C34H52N3O13+. The van der Waals surface area contributed by atoms with Crippen molar-refractivity contribution in [3.8, 4) is 0 Å². The lowest BCUT2D eigenvalue weighted by Crippen LogP contribution is -3.03. The largest absolute Gasteiger partial charge is 0.804 e. The molecule has 2 saturated heterocycles. The molecule has 16 nitrogen and oxygen atoms in total. The number of nitrogens with two attached hydrogens (primary N) is 2. The third kappa shape index (κ3) is 7.38.